The quantitative estimate of drug-likeness (QED) is 0.932. The van der Waals surface area contributed by atoms with Crippen LogP contribution in [0.1, 0.15) is 44.7 Å². The molecule has 1 N–H and O–H groups in total. The van der Waals surface area contributed by atoms with Crippen molar-refractivity contribution in [2.24, 2.45) is 5.92 Å². The van der Waals surface area contributed by atoms with Gasteiger partial charge in [-0.1, -0.05) is 6.07 Å². The van der Waals surface area contributed by atoms with E-state index in [-0.39, 0.29) is 23.2 Å². The molecule has 1 aromatic rings. The van der Waals surface area contributed by atoms with Crippen molar-refractivity contribution in [2.75, 3.05) is 13.1 Å². The lowest BCUT2D eigenvalue weighted by molar-refractivity contribution is -0.128. The third-order valence-electron chi connectivity index (χ3n) is 3.95. The normalized spacial score (nSPS) is 19.2. The van der Waals surface area contributed by atoms with Gasteiger partial charge in [-0.3, -0.25) is 9.69 Å². The number of amides is 1. The number of piperidine rings is 1. The van der Waals surface area contributed by atoms with E-state index >= 15 is 0 Å². The van der Waals surface area contributed by atoms with Crippen LogP contribution in [0.5, 0.6) is 0 Å². The number of carbonyl (C=O) groups is 1. The molecule has 0 spiro atoms. The fraction of sp³-hybridized carbons (Fsp3) is 0.556. The summed E-state index contributed by atoms with van der Waals surface area (Å²) in [5.74, 6) is -0.336. The molecular weight excluding hydrogens is 293 g/mol. The Morgan fingerprint density at radius 2 is 2.22 bits per heavy atom. The lowest BCUT2D eigenvalue weighted by Gasteiger charge is -2.33. The first-order valence-electron chi connectivity index (χ1n) is 8.01. The fourth-order valence-corrected chi connectivity index (χ4v) is 2.87. The van der Waals surface area contributed by atoms with Crippen LogP contribution in [-0.2, 0) is 11.3 Å². The van der Waals surface area contributed by atoms with Crippen LogP contribution in [0.25, 0.3) is 0 Å². The average molecular weight is 317 g/mol. The minimum absolute atomic E-state index is 0.0515. The zero-order chi connectivity index (χ0) is 17.0. The fourth-order valence-electron chi connectivity index (χ4n) is 2.87. The van der Waals surface area contributed by atoms with Crippen LogP contribution in [0.3, 0.4) is 0 Å². The summed E-state index contributed by atoms with van der Waals surface area (Å²) in [4.78, 5) is 14.4. The Morgan fingerprint density at radius 1 is 1.48 bits per heavy atom. The second-order valence-corrected chi connectivity index (χ2v) is 7.23. The van der Waals surface area contributed by atoms with E-state index in [0.717, 1.165) is 19.4 Å². The van der Waals surface area contributed by atoms with Gasteiger partial charge in [-0.2, -0.15) is 5.26 Å². The van der Waals surface area contributed by atoms with Gasteiger partial charge in [0.05, 0.1) is 17.6 Å². The largest absolute Gasteiger partial charge is 0.351 e. The van der Waals surface area contributed by atoms with E-state index in [2.05, 4.69) is 10.2 Å². The van der Waals surface area contributed by atoms with Gasteiger partial charge in [-0.05, 0) is 52.3 Å². The molecule has 2 rings (SSSR count). The smallest absolute Gasteiger partial charge is 0.224 e. The Hall–Kier alpha value is -1.93. The maximum absolute atomic E-state index is 14.0. The van der Waals surface area contributed by atoms with Gasteiger partial charge >= 0.3 is 0 Å². The molecule has 1 aliphatic rings. The molecule has 0 radical (unpaired) electrons. The third kappa shape index (κ3) is 5.04. The minimum Gasteiger partial charge on any atom is -0.351 e. The van der Waals surface area contributed by atoms with Crippen LogP contribution in [-0.4, -0.2) is 29.4 Å². The first-order chi connectivity index (χ1) is 10.8. The van der Waals surface area contributed by atoms with Crippen LogP contribution in [0.4, 0.5) is 4.39 Å². The second kappa shape index (κ2) is 7.10. The molecule has 4 nitrogen and oxygen atoms in total. The summed E-state index contributed by atoms with van der Waals surface area (Å²) >= 11 is 0. The molecule has 5 heteroatoms. The zero-order valence-electron chi connectivity index (χ0n) is 14.0. The maximum Gasteiger partial charge on any atom is 0.224 e. The first kappa shape index (κ1) is 17.4. The van der Waals surface area contributed by atoms with E-state index in [1.807, 2.05) is 26.8 Å². The molecule has 1 aliphatic heterocycles. The van der Waals surface area contributed by atoms with Crippen molar-refractivity contribution in [1.29, 1.82) is 5.26 Å². The lowest BCUT2D eigenvalue weighted by Crippen LogP contribution is -2.48. The Balaban J connectivity index is 1.99. The predicted molar refractivity (Wildman–Crippen MR) is 87.0 cm³/mol. The van der Waals surface area contributed by atoms with Crippen LogP contribution in [0.15, 0.2) is 18.2 Å². The lowest BCUT2D eigenvalue weighted by atomic mass is 9.95. The van der Waals surface area contributed by atoms with Crippen molar-refractivity contribution >= 4 is 5.91 Å². The summed E-state index contributed by atoms with van der Waals surface area (Å²) < 4.78 is 14.0. The Morgan fingerprint density at radius 3 is 2.83 bits per heavy atom. The van der Waals surface area contributed by atoms with E-state index in [1.54, 1.807) is 12.1 Å². The summed E-state index contributed by atoms with van der Waals surface area (Å²) in [6.07, 6.45) is 1.80. The zero-order valence-corrected chi connectivity index (χ0v) is 14.0. The molecule has 1 saturated heterocycles. The highest BCUT2D eigenvalue weighted by Crippen LogP contribution is 2.21. The number of nitriles is 1. The molecule has 1 atom stereocenters. The summed E-state index contributed by atoms with van der Waals surface area (Å²) in [6.45, 7) is 7.88. The third-order valence-corrected chi connectivity index (χ3v) is 3.95. The number of hydrogen-bond acceptors (Lipinski definition) is 3. The highest BCUT2D eigenvalue weighted by atomic mass is 19.1. The molecule has 0 aliphatic carbocycles. The molecule has 1 fully saturated rings. The molecule has 0 saturated carbocycles. The average Bonchev–Trinajstić information content (AvgIpc) is 2.48. The monoisotopic (exact) mass is 317 g/mol. The van der Waals surface area contributed by atoms with Gasteiger partial charge in [0.25, 0.3) is 0 Å². The van der Waals surface area contributed by atoms with Crippen molar-refractivity contribution in [3.05, 3.63) is 35.1 Å². The molecule has 1 heterocycles. The molecule has 0 aromatic heterocycles. The summed E-state index contributed by atoms with van der Waals surface area (Å²) in [5, 5.41) is 11.8. The molecule has 23 heavy (non-hydrogen) atoms. The van der Waals surface area contributed by atoms with E-state index < -0.39 is 0 Å². The Bertz CT molecular complexity index is 616. The van der Waals surface area contributed by atoms with Gasteiger partial charge in [0, 0.05) is 24.2 Å². The summed E-state index contributed by atoms with van der Waals surface area (Å²) in [6, 6.07) is 6.49. The van der Waals surface area contributed by atoms with E-state index in [1.165, 1.54) is 6.07 Å². The van der Waals surface area contributed by atoms with Crippen molar-refractivity contribution in [3.8, 4) is 6.07 Å². The first-order valence-corrected chi connectivity index (χ1v) is 8.01. The maximum atomic E-state index is 14.0. The van der Waals surface area contributed by atoms with Gasteiger partial charge < -0.3 is 5.32 Å². The molecule has 124 valence electrons. The summed E-state index contributed by atoms with van der Waals surface area (Å²) in [7, 11) is 0. The van der Waals surface area contributed by atoms with Crippen LogP contribution in [0, 0.1) is 23.1 Å². The molecule has 0 bridgehead atoms. The van der Waals surface area contributed by atoms with E-state index in [4.69, 9.17) is 5.26 Å². The highest BCUT2D eigenvalue weighted by Gasteiger charge is 2.28. The minimum atomic E-state index is -0.356. The van der Waals surface area contributed by atoms with Crippen molar-refractivity contribution in [1.82, 2.24) is 10.2 Å². The van der Waals surface area contributed by atoms with Crippen LogP contribution in [0.2, 0.25) is 0 Å². The van der Waals surface area contributed by atoms with Crippen molar-refractivity contribution in [2.45, 2.75) is 45.7 Å². The Kier molecular flexibility index (Phi) is 5.38. The number of halogens is 1. The van der Waals surface area contributed by atoms with E-state index in [9.17, 15) is 9.18 Å². The second-order valence-electron chi connectivity index (χ2n) is 7.23. The van der Waals surface area contributed by atoms with Gasteiger partial charge in [0.2, 0.25) is 5.91 Å². The highest BCUT2D eigenvalue weighted by molar-refractivity contribution is 5.79. The number of rotatable bonds is 3. The number of carbonyl (C=O) groups excluding carboxylic acids is 1. The number of likely N-dealkylation sites (tertiary alicyclic amines) is 1. The SMILES string of the molecule is CC(C)(C)NC(=O)C1CCCN(Cc2ccc(C#N)cc2F)C1. The van der Waals surface area contributed by atoms with E-state index in [0.29, 0.717) is 24.2 Å². The Labute approximate surface area is 137 Å². The molecular formula is C18H24FN3O. The molecule has 1 aromatic carbocycles. The van der Waals surface area contributed by atoms with Gasteiger partial charge in [-0.15, -0.1) is 0 Å². The molecule has 1 unspecified atom stereocenters. The van der Waals surface area contributed by atoms with Crippen LogP contribution >= 0.6 is 0 Å². The van der Waals surface area contributed by atoms with Gasteiger partial charge in [0.15, 0.2) is 0 Å². The number of benzene rings is 1. The topological polar surface area (TPSA) is 56.1 Å². The number of nitrogens with zero attached hydrogens (tertiary/aromatic N) is 2. The summed E-state index contributed by atoms with van der Waals surface area (Å²) in [5.41, 5.74) is 0.659. The van der Waals surface area contributed by atoms with Gasteiger partial charge in [-0.25, -0.2) is 4.39 Å². The predicted octanol–water partition coefficient (Wildman–Crippen LogP) is 2.82. The van der Waals surface area contributed by atoms with Crippen LogP contribution < -0.4 is 5.32 Å². The van der Waals surface area contributed by atoms with Crippen molar-refractivity contribution in [3.63, 3.8) is 0 Å². The standard InChI is InChI=1S/C18H24FN3O/c1-18(2,3)21-17(23)15-5-4-8-22(12-15)11-14-7-6-13(10-20)9-16(14)19/h6-7,9,15H,4-5,8,11-12H2,1-3H3,(H,21,23). The van der Waals surface area contributed by atoms with Gasteiger partial charge in [0.1, 0.15) is 5.82 Å². The van der Waals surface area contributed by atoms with Crippen molar-refractivity contribution < 1.29 is 9.18 Å². The number of hydrogen-bond donors (Lipinski definition) is 1. The number of nitrogens with one attached hydrogen (secondary N) is 1. The molecule has 1 amide bonds.